The first-order chi connectivity index (χ1) is 7.65. The average Bonchev–Trinajstić information content (AvgIpc) is 2.55. The Morgan fingerprint density at radius 2 is 2.19 bits per heavy atom. The smallest absolute Gasteiger partial charge is 0.305 e. The predicted octanol–water partition coefficient (Wildman–Crippen LogP) is 2.73. The molecule has 0 aromatic rings. The Kier molecular flexibility index (Phi) is 5.50. The zero-order valence-electron chi connectivity index (χ0n) is 10.3. The third-order valence-electron chi connectivity index (χ3n) is 3.40. The van der Waals surface area contributed by atoms with E-state index in [0.29, 0.717) is 24.7 Å². The number of ketones is 1. The van der Waals surface area contributed by atoms with Gasteiger partial charge >= 0.3 is 5.97 Å². The van der Waals surface area contributed by atoms with Gasteiger partial charge in [0.25, 0.3) is 0 Å². The summed E-state index contributed by atoms with van der Waals surface area (Å²) in [6.07, 6.45) is 5.03. The summed E-state index contributed by atoms with van der Waals surface area (Å²) in [6, 6.07) is 0. The van der Waals surface area contributed by atoms with E-state index < -0.39 is 0 Å². The second-order valence-corrected chi connectivity index (χ2v) is 4.64. The van der Waals surface area contributed by atoms with Gasteiger partial charge in [0.1, 0.15) is 5.78 Å². The van der Waals surface area contributed by atoms with Crippen molar-refractivity contribution in [3.05, 3.63) is 0 Å². The van der Waals surface area contributed by atoms with E-state index in [2.05, 4.69) is 6.92 Å². The van der Waals surface area contributed by atoms with Crippen molar-refractivity contribution in [3.8, 4) is 0 Å². The molecular formula is C13H22O3. The first-order valence-electron chi connectivity index (χ1n) is 6.33. The molecule has 1 saturated carbocycles. The molecule has 0 radical (unpaired) electrons. The van der Waals surface area contributed by atoms with Gasteiger partial charge in [0.2, 0.25) is 0 Å². The molecule has 16 heavy (non-hydrogen) atoms. The number of ether oxygens (including phenoxy) is 1. The number of rotatable bonds is 6. The molecule has 0 N–H and O–H groups in total. The average molecular weight is 226 g/mol. The SMILES string of the molecule is CCOC(=O)CCCC[C@@H]1C(=O)CC[C@@H]1C. The lowest BCUT2D eigenvalue weighted by atomic mass is 9.91. The minimum absolute atomic E-state index is 0.117. The molecule has 1 fully saturated rings. The summed E-state index contributed by atoms with van der Waals surface area (Å²) < 4.78 is 4.85. The summed E-state index contributed by atoms with van der Waals surface area (Å²) in [6.45, 7) is 4.43. The zero-order valence-corrected chi connectivity index (χ0v) is 10.3. The van der Waals surface area contributed by atoms with Crippen LogP contribution in [0, 0.1) is 11.8 Å². The van der Waals surface area contributed by atoms with Crippen LogP contribution < -0.4 is 0 Å². The molecule has 3 nitrogen and oxygen atoms in total. The minimum atomic E-state index is -0.117. The Morgan fingerprint density at radius 1 is 1.44 bits per heavy atom. The molecule has 1 aliphatic carbocycles. The molecule has 0 amide bonds. The van der Waals surface area contributed by atoms with Gasteiger partial charge in [-0.2, -0.15) is 0 Å². The summed E-state index contributed by atoms with van der Waals surface area (Å²) in [5, 5.41) is 0. The Morgan fingerprint density at radius 3 is 2.75 bits per heavy atom. The van der Waals surface area contributed by atoms with Gasteiger partial charge in [-0.05, 0) is 32.1 Å². The first-order valence-corrected chi connectivity index (χ1v) is 6.33. The van der Waals surface area contributed by atoms with Crippen molar-refractivity contribution in [1.29, 1.82) is 0 Å². The molecule has 0 heterocycles. The van der Waals surface area contributed by atoms with Crippen molar-refractivity contribution >= 4 is 11.8 Å². The number of hydrogen-bond acceptors (Lipinski definition) is 3. The molecule has 2 atom stereocenters. The van der Waals surface area contributed by atoms with Crippen LogP contribution in [-0.2, 0) is 14.3 Å². The van der Waals surface area contributed by atoms with Crippen LogP contribution in [0.25, 0.3) is 0 Å². The molecule has 0 aliphatic heterocycles. The van der Waals surface area contributed by atoms with Crippen molar-refractivity contribution in [3.63, 3.8) is 0 Å². The number of hydrogen-bond donors (Lipinski definition) is 0. The molecule has 3 heteroatoms. The summed E-state index contributed by atoms with van der Waals surface area (Å²) in [5.74, 6) is 1.09. The van der Waals surface area contributed by atoms with Crippen LogP contribution in [0.2, 0.25) is 0 Å². The number of unbranched alkanes of at least 4 members (excludes halogenated alkanes) is 1. The number of Topliss-reactive ketones (excluding diaryl/α,β-unsaturated/α-hetero) is 1. The molecule has 92 valence electrons. The Bertz CT molecular complexity index is 248. The van der Waals surface area contributed by atoms with Crippen molar-refractivity contribution < 1.29 is 14.3 Å². The van der Waals surface area contributed by atoms with Gasteiger partial charge in [-0.1, -0.05) is 13.3 Å². The fourth-order valence-corrected chi connectivity index (χ4v) is 2.39. The van der Waals surface area contributed by atoms with Crippen LogP contribution in [0.15, 0.2) is 0 Å². The fraction of sp³-hybridized carbons (Fsp3) is 0.846. The second-order valence-electron chi connectivity index (χ2n) is 4.64. The molecule has 0 unspecified atom stereocenters. The van der Waals surface area contributed by atoms with E-state index in [0.717, 1.165) is 32.1 Å². The van der Waals surface area contributed by atoms with Crippen LogP contribution in [0.5, 0.6) is 0 Å². The van der Waals surface area contributed by atoms with Crippen LogP contribution in [-0.4, -0.2) is 18.4 Å². The van der Waals surface area contributed by atoms with Gasteiger partial charge in [0.15, 0.2) is 0 Å². The highest BCUT2D eigenvalue weighted by Crippen LogP contribution is 2.31. The molecule has 0 bridgehead atoms. The molecule has 0 aromatic carbocycles. The topological polar surface area (TPSA) is 43.4 Å². The Balaban J connectivity index is 2.11. The monoisotopic (exact) mass is 226 g/mol. The summed E-state index contributed by atoms with van der Waals surface area (Å²) in [4.78, 5) is 22.6. The molecule has 0 spiro atoms. The maximum Gasteiger partial charge on any atom is 0.305 e. The Labute approximate surface area is 97.5 Å². The van der Waals surface area contributed by atoms with E-state index in [1.54, 1.807) is 0 Å². The van der Waals surface area contributed by atoms with E-state index in [1.165, 1.54) is 0 Å². The van der Waals surface area contributed by atoms with Crippen molar-refractivity contribution in [2.75, 3.05) is 6.61 Å². The standard InChI is InChI=1S/C13H22O3/c1-3-16-13(15)7-5-4-6-11-10(2)8-9-12(11)14/h10-11H,3-9H2,1-2H3/t10-,11-/m0/s1. The lowest BCUT2D eigenvalue weighted by Crippen LogP contribution is -2.12. The van der Waals surface area contributed by atoms with Crippen LogP contribution in [0.1, 0.15) is 52.4 Å². The van der Waals surface area contributed by atoms with Crippen molar-refractivity contribution in [1.82, 2.24) is 0 Å². The van der Waals surface area contributed by atoms with Gasteiger partial charge in [0.05, 0.1) is 6.61 Å². The number of carbonyl (C=O) groups excluding carboxylic acids is 2. The highest BCUT2D eigenvalue weighted by Gasteiger charge is 2.30. The maximum atomic E-state index is 11.5. The highest BCUT2D eigenvalue weighted by atomic mass is 16.5. The van der Waals surface area contributed by atoms with Crippen LogP contribution in [0.3, 0.4) is 0 Å². The van der Waals surface area contributed by atoms with Gasteiger partial charge < -0.3 is 4.74 Å². The third kappa shape index (κ3) is 3.95. The quantitative estimate of drug-likeness (QED) is 0.516. The largest absolute Gasteiger partial charge is 0.466 e. The summed E-state index contributed by atoms with van der Waals surface area (Å²) in [5.41, 5.74) is 0. The van der Waals surface area contributed by atoms with Gasteiger partial charge in [-0.15, -0.1) is 0 Å². The summed E-state index contributed by atoms with van der Waals surface area (Å²) >= 11 is 0. The van der Waals surface area contributed by atoms with Crippen LogP contribution >= 0.6 is 0 Å². The van der Waals surface area contributed by atoms with Gasteiger partial charge in [-0.25, -0.2) is 0 Å². The van der Waals surface area contributed by atoms with Gasteiger partial charge in [0, 0.05) is 18.8 Å². The zero-order chi connectivity index (χ0) is 12.0. The maximum absolute atomic E-state index is 11.5. The van der Waals surface area contributed by atoms with Crippen molar-refractivity contribution in [2.45, 2.75) is 52.4 Å². The number of esters is 1. The lowest BCUT2D eigenvalue weighted by Gasteiger charge is -2.12. The van der Waals surface area contributed by atoms with Gasteiger partial charge in [-0.3, -0.25) is 9.59 Å². The van der Waals surface area contributed by atoms with E-state index in [1.807, 2.05) is 6.92 Å². The van der Waals surface area contributed by atoms with E-state index in [-0.39, 0.29) is 11.9 Å². The predicted molar refractivity (Wildman–Crippen MR) is 62.0 cm³/mol. The van der Waals surface area contributed by atoms with Crippen LogP contribution in [0.4, 0.5) is 0 Å². The summed E-state index contributed by atoms with van der Waals surface area (Å²) in [7, 11) is 0. The van der Waals surface area contributed by atoms with E-state index >= 15 is 0 Å². The normalized spacial score (nSPS) is 24.8. The number of carbonyl (C=O) groups is 2. The van der Waals surface area contributed by atoms with E-state index in [9.17, 15) is 9.59 Å². The molecule has 0 saturated heterocycles. The third-order valence-corrected chi connectivity index (χ3v) is 3.40. The fourth-order valence-electron chi connectivity index (χ4n) is 2.39. The highest BCUT2D eigenvalue weighted by molar-refractivity contribution is 5.83. The second kappa shape index (κ2) is 6.66. The van der Waals surface area contributed by atoms with E-state index in [4.69, 9.17) is 4.74 Å². The molecule has 0 aromatic heterocycles. The lowest BCUT2D eigenvalue weighted by molar-refractivity contribution is -0.143. The first kappa shape index (κ1) is 13.2. The Hall–Kier alpha value is -0.860. The molecular weight excluding hydrogens is 204 g/mol. The molecule has 1 aliphatic rings. The van der Waals surface area contributed by atoms with Crippen molar-refractivity contribution in [2.24, 2.45) is 11.8 Å². The molecule has 1 rings (SSSR count). The minimum Gasteiger partial charge on any atom is -0.466 e.